The van der Waals surface area contributed by atoms with Crippen molar-refractivity contribution in [3.8, 4) is 0 Å². The average molecular weight is 286 g/mol. The first-order chi connectivity index (χ1) is 10.1. The van der Waals surface area contributed by atoms with Crippen LogP contribution >= 0.6 is 0 Å². The lowest BCUT2D eigenvalue weighted by Gasteiger charge is -2.15. The van der Waals surface area contributed by atoms with Gasteiger partial charge in [0.15, 0.2) is 0 Å². The summed E-state index contributed by atoms with van der Waals surface area (Å²) in [4.78, 5) is 27.9. The molecule has 5 nitrogen and oxygen atoms in total. The standard InChI is InChI=1S/C16H18N2O3/c1-10(19)21-16-15(20)17-13-9-5-4-8-12(13)14(18-16)11-6-2-3-7-11/h4-5,8-9,11,16H,2-3,6-7H2,1H3,(H,17,20). The second-order valence-electron chi connectivity index (χ2n) is 5.49. The zero-order valence-corrected chi connectivity index (χ0v) is 12.0. The number of ether oxygens (including phenoxy) is 1. The van der Waals surface area contributed by atoms with Crippen molar-refractivity contribution >= 4 is 23.3 Å². The smallest absolute Gasteiger partial charge is 0.305 e. The van der Waals surface area contributed by atoms with Crippen LogP contribution in [0.25, 0.3) is 0 Å². The van der Waals surface area contributed by atoms with Gasteiger partial charge in [0.05, 0.1) is 5.71 Å². The van der Waals surface area contributed by atoms with Crippen LogP contribution < -0.4 is 5.32 Å². The highest BCUT2D eigenvalue weighted by molar-refractivity contribution is 6.12. The zero-order valence-electron chi connectivity index (χ0n) is 12.0. The highest BCUT2D eigenvalue weighted by Gasteiger charge is 2.31. The maximum Gasteiger partial charge on any atom is 0.305 e. The van der Waals surface area contributed by atoms with Gasteiger partial charge in [-0.3, -0.25) is 9.59 Å². The number of hydrogen-bond donors (Lipinski definition) is 1. The molecule has 1 aliphatic carbocycles. The van der Waals surface area contributed by atoms with Crippen molar-refractivity contribution < 1.29 is 14.3 Å². The topological polar surface area (TPSA) is 67.8 Å². The van der Waals surface area contributed by atoms with Crippen LogP contribution in [0.15, 0.2) is 29.3 Å². The fraction of sp³-hybridized carbons (Fsp3) is 0.438. The lowest BCUT2D eigenvalue weighted by atomic mass is 9.94. The fourth-order valence-electron chi connectivity index (χ4n) is 3.03. The molecule has 110 valence electrons. The van der Waals surface area contributed by atoms with Crippen LogP contribution in [0.1, 0.15) is 38.2 Å². The van der Waals surface area contributed by atoms with Crippen LogP contribution in [0.5, 0.6) is 0 Å². The molecule has 1 N–H and O–H groups in total. The van der Waals surface area contributed by atoms with E-state index in [1.807, 2.05) is 24.3 Å². The predicted molar refractivity (Wildman–Crippen MR) is 79.1 cm³/mol. The molecule has 0 spiro atoms. The number of amides is 1. The van der Waals surface area contributed by atoms with E-state index in [0.717, 1.165) is 29.8 Å². The van der Waals surface area contributed by atoms with Gasteiger partial charge in [-0.05, 0) is 18.9 Å². The van der Waals surface area contributed by atoms with Gasteiger partial charge in [-0.15, -0.1) is 0 Å². The van der Waals surface area contributed by atoms with Crippen molar-refractivity contribution in [1.82, 2.24) is 0 Å². The van der Waals surface area contributed by atoms with Crippen molar-refractivity contribution in [3.63, 3.8) is 0 Å². The Morgan fingerprint density at radius 3 is 2.71 bits per heavy atom. The zero-order chi connectivity index (χ0) is 14.8. The molecule has 1 unspecified atom stereocenters. The number of rotatable bonds is 2. The average Bonchev–Trinajstić information content (AvgIpc) is 2.93. The van der Waals surface area contributed by atoms with E-state index in [-0.39, 0.29) is 0 Å². The molecule has 3 rings (SSSR count). The van der Waals surface area contributed by atoms with Gasteiger partial charge in [0.25, 0.3) is 12.1 Å². The van der Waals surface area contributed by atoms with Crippen molar-refractivity contribution in [2.75, 3.05) is 5.32 Å². The van der Waals surface area contributed by atoms with Crippen molar-refractivity contribution in [3.05, 3.63) is 29.8 Å². The Bertz CT molecular complexity index is 603. The molecule has 1 fully saturated rings. The Hall–Kier alpha value is -2.17. The minimum absolute atomic E-state index is 0.330. The molecule has 1 aromatic carbocycles. The van der Waals surface area contributed by atoms with E-state index in [1.165, 1.54) is 19.8 Å². The van der Waals surface area contributed by atoms with E-state index in [9.17, 15) is 9.59 Å². The maximum atomic E-state index is 12.2. The third kappa shape index (κ3) is 2.82. The number of carbonyl (C=O) groups excluding carboxylic acids is 2. The van der Waals surface area contributed by atoms with E-state index >= 15 is 0 Å². The largest absolute Gasteiger partial charge is 0.430 e. The summed E-state index contributed by atoms with van der Waals surface area (Å²) in [6.45, 7) is 1.29. The molecular weight excluding hydrogens is 268 g/mol. The Balaban J connectivity index is 2.04. The van der Waals surface area contributed by atoms with Crippen molar-refractivity contribution in [1.29, 1.82) is 0 Å². The van der Waals surface area contributed by atoms with Gasteiger partial charge in [0.2, 0.25) is 0 Å². The number of benzodiazepines with no additional fused rings is 1. The summed E-state index contributed by atoms with van der Waals surface area (Å²) in [6, 6.07) is 7.62. The van der Waals surface area contributed by atoms with Gasteiger partial charge < -0.3 is 10.1 Å². The summed E-state index contributed by atoms with van der Waals surface area (Å²) in [6.07, 6.45) is 3.38. The molecular formula is C16H18N2O3. The summed E-state index contributed by atoms with van der Waals surface area (Å²) in [7, 11) is 0. The molecule has 1 atom stereocenters. The van der Waals surface area contributed by atoms with Crippen LogP contribution in [-0.4, -0.2) is 23.8 Å². The maximum absolute atomic E-state index is 12.2. The lowest BCUT2D eigenvalue weighted by molar-refractivity contribution is -0.151. The molecule has 21 heavy (non-hydrogen) atoms. The second kappa shape index (κ2) is 5.68. The van der Waals surface area contributed by atoms with E-state index < -0.39 is 18.1 Å². The highest BCUT2D eigenvalue weighted by atomic mass is 16.6. The van der Waals surface area contributed by atoms with E-state index in [2.05, 4.69) is 10.3 Å². The summed E-state index contributed by atoms with van der Waals surface area (Å²) < 4.78 is 5.07. The number of hydrogen-bond acceptors (Lipinski definition) is 4. The second-order valence-corrected chi connectivity index (χ2v) is 5.49. The number of nitrogens with one attached hydrogen (secondary N) is 1. The summed E-state index contributed by atoms with van der Waals surface area (Å²) in [5, 5.41) is 2.80. The minimum atomic E-state index is -1.09. The molecule has 2 aliphatic rings. The van der Waals surface area contributed by atoms with E-state index in [0.29, 0.717) is 5.92 Å². The minimum Gasteiger partial charge on any atom is -0.430 e. The first-order valence-corrected chi connectivity index (χ1v) is 7.30. The third-order valence-electron chi connectivity index (χ3n) is 3.96. The van der Waals surface area contributed by atoms with Gasteiger partial charge in [0, 0.05) is 24.1 Å². The van der Waals surface area contributed by atoms with Gasteiger partial charge in [0.1, 0.15) is 0 Å². The summed E-state index contributed by atoms with van der Waals surface area (Å²) >= 11 is 0. The van der Waals surface area contributed by atoms with E-state index in [4.69, 9.17) is 4.74 Å². The molecule has 0 bridgehead atoms. The number of carbonyl (C=O) groups is 2. The lowest BCUT2D eigenvalue weighted by Crippen LogP contribution is -2.30. The molecule has 0 saturated heterocycles. The SMILES string of the molecule is CC(=O)OC1N=C(C2CCCC2)c2ccccc2NC1=O. The fourth-order valence-corrected chi connectivity index (χ4v) is 3.03. The van der Waals surface area contributed by atoms with Gasteiger partial charge in [-0.2, -0.15) is 0 Å². The summed E-state index contributed by atoms with van der Waals surface area (Å²) in [5.74, 6) is -0.571. The van der Waals surface area contributed by atoms with Crippen LogP contribution in [0.3, 0.4) is 0 Å². The Morgan fingerprint density at radius 1 is 1.29 bits per heavy atom. The third-order valence-corrected chi connectivity index (χ3v) is 3.96. The molecule has 1 aromatic rings. The summed E-state index contributed by atoms with van der Waals surface area (Å²) in [5.41, 5.74) is 2.56. The number of aliphatic imine (C=N–C) groups is 1. The molecule has 1 aliphatic heterocycles. The van der Waals surface area contributed by atoms with Crippen molar-refractivity contribution in [2.45, 2.75) is 38.8 Å². The van der Waals surface area contributed by atoms with Crippen LogP contribution in [0, 0.1) is 5.92 Å². The molecule has 0 aromatic heterocycles. The van der Waals surface area contributed by atoms with Gasteiger partial charge >= 0.3 is 5.97 Å². The predicted octanol–water partition coefficient (Wildman–Crippen LogP) is 2.51. The normalized spacial score (nSPS) is 22.0. The van der Waals surface area contributed by atoms with Crippen LogP contribution in [0.4, 0.5) is 5.69 Å². The first kappa shape index (κ1) is 13.8. The highest BCUT2D eigenvalue weighted by Crippen LogP contribution is 2.32. The molecule has 1 saturated carbocycles. The number of benzene rings is 1. The monoisotopic (exact) mass is 286 g/mol. The Morgan fingerprint density at radius 2 is 2.00 bits per heavy atom. The number of fused-ring (bicyclic) bond motifs is 1. The Kier molecular flexibility index (Phi) is 3.73. The number of nitrogens with zero attached hydrogens (tertiary/aromatic N) is 1. The van der Waals surface area contributed by atoms with Gasteiger partial charge in [-0.25, -0.2) is 4.99 Å². The quantitative estimate of drug-likeness (QED) is 0.849. The van der Waals surface area contributed by atoms with Gasteiger partial charge in [-0.1, -0.05) is 31.0 Å². The van der Waals surface area contributed by atoms with Crippen molar-refractivity contribution in [2.24, 2.45) is 10.9 Å². The Labute approximate surface area is 123 Å². The number of esters is 1. The molecule has 1 heterocycles. The molecule has 5 heteroatoms. The van der Waals surface area contributed by atoms with Crippen LogP contribution in [0.2, 0.25) is 0 Å². The number of anilines is 1. The first-order valence-electron chi connectivity index (χ1n) is 7.30. The molecule has 1 amide bonds. The van der Waals surface area contributed by atoms with Crippen LogP contribution in [-0.2, 0) is 14.3 Å². The number of para-hydroxylation sites is 1. The molecule has 0 radical (unpaired) electrons. The van der Waals surface area contributed by atoms with E-state index in [1.54, 1.807) is 0 Å².